The summed E-state index contributed by atoms with van der Waals surface area (Å²) in [5.41, 5.74) is 0.950. The fourth-order valence-electron chi connectivity index (χ4n) is 4.56. The molecule has 9 nitrogen and oxygen atoms in total. The van der Waals surface area contributed by atoms with Gasteiger partial charge < -0.3 is 20.1 Å². The zero-order valence-corrected chi connectivity index (χ0v) is 21.4. The SMILES string of the molecule is C=CC(=O)Nc1cccc(-n2ccc(=O)c3cnc(Nc4ccc(N5CCN(CCF)CC5)c(F)c4F)nc32)c1. The summed E-state index contributed by atoms with van der Waals surface area (Å²) in [5, 5.41) is 5.60. The van der Waals surface area contributed by atoms with Gasteiger partial charge in [0.05, 0.1) is 16.8 Å². The van der Waals surface area contributed by atoms with Gasteiger partial charge in [0, 0.05) is 62.6 Å². The predicted molar refractivity (Wildman–Crippen MR) is 148 cm³/mol. The van der Waals surface area contributed by atoms with Gasteiger partial charge in [0.25, 0.3) is 0 Å². The van der Waals surface area contributed by atoms with Crippen molar-refractivity contribution in [2.24, 2.45) is 0 Å². The van der Waals surface area contributed by atoms with Crippen LogP contribution in [0.5, 0.6) is 0 Å². The number of nitrogens with zero attached hydrogens (tertiary/aromatic N) is 5. The van der Waals surface area contributed by atoms with E-state index >= 15 is 8.78 Å². The Hall–Kier alpha value is -4.71. The van der Waals surface area contributed by atoms with Crippen LogP contribution < -0.4 is 21.0 Å². The van der Waals surface area contributed by atoms with Crippen LogP contribution in [0.25, 0.3) is 16.7 Å². The molecule has 0 aliphatic carbocycles. The lowest BCUT2D eigenvalue weighted by molar-refractivity contribution is -0.111. The highest BCUT2D eigenvalue weighted by Crippen LogP contribution is 2.29. The molecular weight excluding hydrogens is 523 g/mol. The van der Waals surface area contributed by atoms with Crippen LogP contribution in [0.4, 0.5) is 36.2 Å². The number of rotatable bonds is 8. The van der Waals surface area contributed by atoms with E-state index in [-0.39, 0.29) is 39.7 Å². The summed E-state index contributed by atoms with van der Waals surface area (Å²) in [6, 6.07) is 11.1. The van der Waals surface area contributed by atoms with Crippen LogP contribution in [0, 0.1) is 11.6 Å². The number of hydrogen-bond acceptors (Lipinski definition) is 7. The van der Waals surface area contributed by atoms with Crippen molar-refractivity contribution in [1.82, 2.24) is 19.4 Å². The van der Waals surface area contributed by atoms with Gasteiger partial charge in [-0.05, 0) is 36.4 Å². The monoisotopic (exact) mass is 549 g/mol. The summed E-state index contributed by atoms with van der Waals surface area (Å²) in [5.74, 6) is -2.53. The molecule has 0 unspecified atom stereocenters. The zero-order chi connectivity index (χ0) is 28.2. The molecular formula is C28H26F3N7O2. The van der Waals surface area contributed by atoms with Gasteiger partial charge in [-0.2, -0.15) is 4.98 Å². The third kappa shape index (κ3) is 5.52. The first-order chi connectivity index (χ1) is 19.4. The molecule has 0 saturated carbocycles. The summed E-state index contributed by atoms with van der Waals surface area (Å²) in [6.45, 7) is 5.33. The highest BCUT2D eigenvalue weighted by molar-refractivity contribution is 5.99. The maximum Gasteiger partial charge on any atom is 0.247 e. The summed E-state index contributed by atoms with van der Waals surface area (Å²) in [6.07, 6.45) is 3.99. The Kier molecular flexibility index (Phi) is 7.78. The van der Waals surface area contributed by atoms with Gasteiger partial charge in [-0.15, -0.1) is 0 Å². The Balaban J connectivity index is 1.44. The maximum absolute atomic E-state index is 15.1. The molecule has 2 aromatic heterocycles. The largest absolute Gasteiger partial charge is 0.367 e. The van der Waals surface area contributed by atoms with Gasteiger partial charge in [0.15, 0.2) is 22.7 Å². The molecule has 1 aliphatic heterocycles. The predicted octanol–water partition coefficient (Wildman–Crippen LogP) is 4.02. The Bertz CT molecular complexity index is 1630. The average Bonchev–Trinajstić information content (AvgIpc) is 2.96. The van der Waals surface area contributed by atoms with Crippen molar-refractivity contribution in [3.63, 3.8) is 0 Å². The van der Waals surface area contributed by atoms with E-state index in [9.17, 15) is 14.0 Å². The average molecular weight is 550 g/mol. The number of halogens is 3. The smallest absolute Gasteiger partial charge is 0.247 e. The van der Waals surface area contributed by atoms with E-state index in [2.05, 4.69) is 27.2 Å². The molecule has 2 N–H and O–H groups in total. The Morgan fingerprint density at radius 1 is 1.07 bits per heavy atom. The minimum atomic E-state index is -1.09. The molecule has 1 saturated heterocycles. The number of carbonyl (C=O) groups is 1. The fourth-order valence-corrected chi connectivity index (χ4v) is 4.56. The number of pyridine rings is 1. The molecule has 12 heteroatoms. The fraction of sp³-hybridized carbons (Fsp3) is 0.214. The Morgan fingerprint density at radius 3 is 2.62 bits per heavy atom. The van der Waals surface area contributed by atoms with Crippen molar-refractivity contribution in [2.75, 3.05) is 54.9 Å². The van der Waals surface area contributed by atoms with Crippen LogP contribution in [0.2, 0.25) is 0 Å². The lowest BCUT2D eigenvalue weighted by atomic mass is 10.2. The van der Waals surface area contributed by atoms with Gasteiger partial charge in [0.2, 0.25) is 11.9 Å². The number of benzene rings is 2. The number of carbonyl (C=O) groups excluding carboxylic acids is 1. The van der Waals surface area contributed by atoms with Crippen LogP contribution in [0.1, 0.15) is 0 Å². The van der Waals surface area contributed by atoms with Crippen LogP contribution in [-0.2, 0) is 4.79 Å². The zero-order valence-electron chi connectivity index (χ0n) is 21.4. The number of aromatic nitrogens is 3. The molecule has 40 heavy (non-hydrogen) atoms. The first-order valence-corrected chi connectivity index (χ1v) is 12.6. The summed E-state index contributed by atoms with van der Waals surface area (Å²) in [7, 11) is 0. The molecule has 0 bridgehead atoms. The van der Waals surface area contributed by atoms with Crippen molar-refractivity contribution in [2.45, 2.75) is 0 Å². The van der Waals surface area contributed by atoms with Crippen molar-refractivity contribution in [3.05, 3.63) is 89.4 Å². The number of nitrogens with one attached hydrogen (secondary N) is 2. The van der Waals surface area contributed by atoms with Crippen LogP contribution in [0.3, 0.4) is 0 Å². The number of piperazine rings is 1. The van der Waals surface area contributed by atoms with E-state index in [4.69, 9.17) is 0 Å². The van der Waals surface area contributed by atoms with Gasteiger partial charge in [0.1, 0.15) is 6.67 Å². The molecule has 1 amide bonds. The highest BCUT2D eigenvalue weighted by atomic mass is 19.2. The minimum absolute atomic E-state index is 0.0474. The van der Waals surface area contributed by atoms with Gasteiger partial charge in [-0.1, -0.05) is 12.6 Å². The molecule has 3 heterocycles. The number of hydrogen-bond donors (Lipinski definition) is 2. The first-order valence-electron chi connectivity index (χ1n) is 12.6. The van der Waals surface area contributed by atoms with Gasteiger partial charge in [-0.25, -0.2) is 18.2 Å². The molecule has 5 rings (SSSR count). The van der Waals surface area contributed by atoms with Crippen molar-refractivity contribution in [3.8, 4) is 5.69 Å². The van der Waals surface area contributed by atoms with E-state index in [1.165, 1.54) is 30.6 Å². The number of fused-ring (bicyclic) bond motifs is 1. The lowest BCUT2D eigenvalue weighted by Crippen LogP contribution is -2.47. The van der Waals surface area contributed by atoms with E-state index in [0.29, 0.717) is 44.1 Å². The Labute approximate surface area is 227 Å². The van der Waals surface area contributed by atoms with Crippen LogP contribution in [0.15, 0.2) is 72.3 Å². The molecule has 0 spiro atoms. The van der Waals surface area contributed by atoms with Gasteiger partial charge in [-0.3, -0.25) is 14.5 Å². The third-order valence-electron chi connectivity index (χ3n) is 6.64. The molecule has 1 aliphatic rings. The minimum Gasteiger partial charge on any atom is -0.367 e. The van der Waals surface area contributed by atoms with E-state index in [0.717, 1.165) is 6.08 Å². The topological polar surface area (TPSA) is 95.4 Å². The quantitative estimate of drug-likeness (QED) is 0.321. The number of amides is 1. The van der Waals surface area contributed by atoms with Gasteiger partial charge >= 0.3 is 0 Å². The van der Waals surface area contributed by atoms with Crippen LogP contribution >= 0.6 is 0 Å². The summed E-state index contributed by atoms with van der Waals surface area (Å²) >= 11 is 0. The number of anilines is 4. The summed E-state index contributed by atoms with van der Waals surface area (Å²) < 4.78 is 44.4. The van der Waals surface area contributed by atoms with E-state index in [1.807, 2.05) is 4.90 Å². The number of alkyl halides is 1. The third-order valence-corrected chi connectivity index (χ3v) is 6.64. The standard InChI is InChI=1S/C28H26F3N7O2/c1-2-24(40)33-18-4-3-5-19(16-18)38-10-8-23(39)20-17-32-28(35-27(20)38)34-21-6-7-22(26(31)25(21)30)37-14-12-36(11-9-29)13-15-37/h2-8,10,16-17H,1,9,11-15H2,(H,33,40)(H,32,34,35). The lowest BCUT2D eigenvalue weighted by Gasteiger charge is -2.35. The summed E-state index contributed by atoms with van der Waals surface area (Å²) in [4.78, 5) is 36.5. The first kappa shape index (κ1) is 26.9. The molecule has 0 radical (unpaired) electrons. The van der Waals surface area contributed by atoms with Crippen molar-refractivity contribution in [1.29, 1.82) is 0 Å². The second-order valence-electron chi connectivity index (χ2n) is 9.13. The van der Waals surface area contributed by atoms with Crippen molar-refractivity contribution < 1.29 is 18.0 Å². The Morgan fingerprint density at radius 2 is 1.88 bits per heavy atom. The van der Waals surface area contributed by atoms with Crippen LogP contribution in [-0.4, -0.2) is 64.7 Å². The second-order valence-corrected chi connectivity index (χ2v) is 9.13. The molecule has 2 aromatic carbocycles. The second kappa shape index (κ2) is 11.6. The maximum atomic E-state index is 15.1. The highest BCUT2D eigenvalue weighted by Gasteiger charge is 2.23. The molecule has 0 atom stereocenters. The molecule has 206 valence electrons. The molecule has 1 fully saturated rings. The van der Waals surface area contributed by atoms with E-state index < -0.39 is 18.3 Å². The molecule has 4 aromatic rings. The van der Waals surface area contributed by atoms with E-state index in [1.54, 1.807) is 33.7 Å². The normalized spacial score (nSPS) is 13.8. The van der Waals surface area contributed by atoms with Crippen molar-refractivity contribution >= 4 is 40.0 Å².